The highest BCUT2D eigenvalue weighted by atomic mass is 16.7. The first kappa shape index (κ1) is 21.0. The number of hydrogen-bond donors (Lipinski definition) is 0. The monoisotopic (exact) mass is 362 g/mol. The lowest BCUT2D eigenvalue weighted by Crippen LogP contribution is -2.24. The molecule has 0 N–H and O–H groups in total. The fourth-order valence-corrected chi connectivity index (χ4v) is 2.70. The molecule has 2 rings (SSSR count). The summed E-state index contributed by atoms with van der Waals surface area (Å²) in [6.45, 7) is 6.15. The van der Waals surface area contributed by atoms with E-state index < -0.39 is 0 Å². The molecule has 0 aromatic heterocycles. The minimum Gasteiger partial charge on any atom is -0.377 e. The van der Waals surface area contributed by atoms with Crippen LogP contribution in [-0.2, 0) is 33.2 Å². The molecule has 2 unspecified atom stereocenters. The Morgan fingerprint density at radius 2 is 0.920 bits per heavy atom. The van der Waals surface area contributed by atoms with Gasteiger partial charge in [-0.05, 0) is 38.5 Å². The Balaban J connectivity index is 1.23. The first-order chi connectivity index (χ1) is 12.4. The predicted octanol–water partition coefficient (Wildman–Crippen LogP) is 2.12. The zero-order chi connectivity index (χ0) is 17.4. The lowest BCUT2D eigenvalue weighted by molar-refractivity contribution is -0.170. The predicted molar refractivity (Wildman–Crippen MR) is 91.5 cm³/mol. The Bertz CT molecular complexity index is 263. The van der Waals surface area contributed by atoms with E-state index in [-0.39, 0.29) is 12.6 Å². The van der Waals surface area contributed by atoms with Gasteiger partial charge in [-0.15, -0.1) is 0 Å². The molecule has 2 aliphatic rings. The Labute approximate surface area is 151 Å². The van der Waals surface area contributed by atoms with Crippen molar-refractivity contribution in [3.8, 4) is 0 Å². The van der Waals surface area contributed by atoms with Gasteiger partial charge >= 0.3 is 0 Å². The van der Waals surface area contributed by atoms with Gasteiger partial charge in [0.05, 0.1) is 52.9 Å². The summed E-state index contributed by atoms with van der Waals surface area (Å²) in [6.07, 6.45) is 6.53. The maximum atomic E-state index is 5.58. The molecule has 0 saturated carbocycles. The smallest absolute Gasteiger partial charge is 0.157 e. The van der Waals surface area contributed by atoms with Crippen LogP contribution in [0.15, 0.2) is 0 Å². The second-order valence-electron chi connectivity index (χ2n) is 6.17. The van der Waals surface area contributed by atoms with Crippen LogP contribution in [-0.4, -0.2) is 78.6 Å². The summed E-state index contributed by atoms with van der Waals surface area (Å²) in [4.78, 5) is 0. The van der Waals surface area contributed by atoms with E-state index in [2.05, 4.69) is 0 Å². The van der Waals surface area contributed by atoms with Crippen molar-refractivity contribution in [1.29, 1.82) is 0 Å². The number of rotatable bonds is 14. The van der Waals surface area contributed by atoms with E-state index in [0.29, 0.717) is 52.9 Å². The van der Waals surface area contributed by atoms with E-state index in [9.17, 15) is 0 Å². The van der Waals surface area contributed by atoms with Crippen LogP contribution in [0.3, 0.4) is 0 Å². The fraction of sp³-hybridized carbons (Fsp3) is 1.00. The molecule has 25 heavy (non-hydrogen) atoms. The number of hydrogen-bond acceptors (Lipinski definition) is 7. The zero-order valence-electron chi connectivity index (χ0n) is 15.3. The van der Waals surface area contributed by atoms with E-state index >= 15 is 0 Å². The van der Waals surface area contributed by atoms with Gasteiger partial charge in [-0.1, -0.05) is 0 Å². The Hall–Kier alpha value is -0.280. The summed E-state index contributed by atoms with van der Waals surface area (Å²) in [6, 6.07) is 0. The van der Waals surface area contributed by atoms with Crippen LogP contribution in [0.2, 0.25) is 0 Å². The number of ether oxygens (including phenoxy) is 7. The van der Waals surface area contributed by atoms with Crippen molar-refractivity contribution in [2.45, 2.75) is 51.1 Å². The Morgan fingerprint density at radius 3 is 1.28 bits per heavy atom. The molecule has 7 nitrogen and oxygen atoms in total. The molecule has 0 aromatic rings. The second kappa shape index (κ2) is 14.8. The first-order valence-electron chi connectivity index (χ1n) is 9.65. The molecule has 2 heterocycles. The molecule has 148 valence electrons. The van der Waals surface area contributed by atoms with E-state index in [1.54, 1.807) is 0 Å². The van der Waals surface area contributed by atoms with Gasteiger partial charge in [0.25, 0.3) is 0 Å². The van der Waals surface area contributed by atoms with E-state index in [1.165, 1.54) is 12.8 Å². The molecule has 2 atom stereocenters. The van der Waals surface area contributed by atoms with Gasteiger partial charge in [0.1, 0.15) is 0 Å². The van der Waals surface area contributed by atoms with Crippen molar-refractivity contribution in [3.63, 3.8) is 0 Å². The standard InChI is InChI=1S/C18H34O7/c1-3-7-22-17(5-1)24-15-13-20-11-9-19-10-12-21-14-16-25-18-6-2-4-8-23-18/h17-18H,1-16H2. The van der Waals surface area contributed by atoms with Crippen LogP contribution in [0.4, 0.5) is 0 Å². The summed E-state index contributed by atoms with van der Waals surface area (Å²) < 4.78 is 38.5. The average molecular weight is 362 g/mol. The second-order valence-corrected chi connectivity index (χ2v) is 6.17. The molecule has 0 aromatic carbocycles. The summed E-state index contributed by atoms with van der Waals surface area (Å²) in [5, 5.41) is 0. The summed E-state index contributed by atoms with van der Waals surface area (Å²) in [5.74, 6) is 0. The molecular weight excluding hydrogens is 328 g/mol. The van der Waals surface area contributed by atoms with Gasteiger partial charge < -0.3 is 33.2 Å². The van der Waals surface area contributed by atoms with Crippen molar-refractivity contribution in [2.75, 3.05) is 66.1 Å². The summed E-state index contributed by atoms with van der Waals surface area (Å²) in [5.41, 5.74) is 0. The minimum absolute atomic E-state index is 0.0422. The van der Waals surface area contributed by atoms with Crippen molar-refractivity contribution in [2.24, 2.45) is 0 Å². The molecule has 7 heteroatoms. The zero-order valence-corrected chi connectivity index (χ0v) is 15.3. The molecule has 0 radical (unpaired) electrons. The summed E-state index contributed by atoms with van der Waals surface area (Å²) in [7, 11) is 0. The maximum absolute atomic E-state index is 5.58. The molecule has 0 bridgehead atoms. The molecule has 2 saturated heterocycles. The van der Waals surface area contributed by atoms with Crippen LogP contribution < -0.4 is 0 Å². The third-order valence-corrected chi connectivity index (χ3v) is 4.08. The van der Waals surface area contributed by atoms with Gasteiger partial charge in [0.2, 0.25) is 0 Å². The highest BCUT2D eigenvalue weighted by Gasteiger charge is 2.14. The van der Waals surface area contributed by atoms with E-state index in [1.807, 2.05) is 0 Å². The summed E-state index contributed by atoms with van der Waals surface area (Å²) >= 11 is 0. The van der Waals surface area contributed by atoms with Crippen molar-refractivity contribution in [3.05, 3.63) is 0 Å². The normalized spacial score (nSPS) is 24.5. The first-order valence-corrected chi connectivity index (χ1v) is 9.65. The van der Waals surface area contributed by atoms with Crippen LogP contribution in [0, 0.1) is 0 Å². The van der Waals surface area contributed by atoms with Crippen LogP contribution >= 0.6 is 0 Å². The highest BCUT2D eigenvalue weighted by molar-refractivity contribution is 4.54. The third kappa shape index (κ3) is 11.1. The Kier molecular flexibility index (Phi) is 12.5. The quantitative estimate of drug-likeness (QED) is 0.439. The topological polar surface area (TPSA) is 64.6 Å². The van der Waals surface area contributed by atoms with Gasteiger partial charge in [-0.2, -0.15) is 0 Å². The van der Waals surface area contributed by atoms with Crippen molar-refractivity contribution < 1.29 is 33.2 Å². The molecule has 0 aliphatic carbocycles. The Morgan fingerprint density at radius 1 is 0.520 bits per heavy atom. The van der Waals surface area contributed by atoms with Crippen molar-refractivity contribution >= 4 is 0 Å². The fourth-order valence-electron chi connectivity index (χ4n) is 2.70. The SMILES string of the molecule is C1CCC(OCCOCCOCCOCCOC2CCCCO2)OC1. The highest BCUT2D eigenvalue weighted by Crippen LogP contribution is 2.14. The van der Waals surface area contributed by atoms with Gasteiger partial charge in [-0.25, -0.2) is 0 Å². The molecular formula is C18H34O7. The van der Waals surface area contributed by atoms with Gasteiger partial charge in [-0.3, -0.25) is 0 Å². The molecule has 2 aliphatic heterocycles. The van der Waals surface area contributed by atoms with Gasteiger partial charge in [0, 0.05) is 13.2 Å². The average Bonchev–Trinajstić information content (AvgIpc) is 2.67. The van der Waals surface area contributed by atoms with Crippen LogP contribution in [0.5, 0.6) is 0 Å². The van der Waals surface area contributed by atoms with Crippen molar-refractivity contribution in [1.82, 2.24) is 0 Å². The molecule has 0 amide bonds. The van der Waals surface area contributed by atoms with E-state index in [4.69, 9.17) is 33.2 Å². The maximum Gasteiger partial charge on any atom is 0.157 e. The van der Waals surface area contributed by atoms with Crippen LogP contribution in [0.25, 0.3) is 0 Å². The molecule has 0 spiro atoms. The van der Waals surface area contributed by atoms with Crippen LogP contribution in [0.1, 0.15) is 38.5 Å². The third-order valence-electron chi connectivity index (χ3n) is 4.08. The molecule has 2 fully saturated rings. The largest absolute Gasteiger partial charge is 0.377 e. The van der Waals surface area contributed by atoms with E-state index in [0.717, 1.165) is 38.9 Å². The lowest BCUT2D eigenvalue weighted by atomic mass is 10.2. The minimum atomic E-state index is -0.0422. The van der Waals surface area contributed by atoms with Gasteiger partial charge in [0.15, 0.2) is 12.6 Å². The lowest BCUT2D eigenvalue weighted by Gasteiger charge is -2.22.